The van der Waals surface area contributed by atoms with Crippen LogP contribution in [0.4, 0.5) is 0 Å². The summed E-state index contributed by atoms with van der Waals surface area (Å²) in [5, 5.41) is 9.66. The Kier molecular flexibility index (Phi) is 5.09. The smallest absolute Gasteiger partial charge is 0.233 e. The molecule has 2 heterocycles. The van der Waals surface area contributed by atoms with Gasteiger partial charge in [-0.2, -0.15) is 0 Å². The lowest BCUT2D eigenvalue weighted by Gasteiger charge is -2.15. The van der Waals surface area contributed by atoms with Crippen LogP contribution in [0.25, 0.3) is 11.4 Å². The van der Waals surface area contributed by atoms with Gasteiger partial charge in [0.25, 0.3) is 0 Å². The highest BCUT2D eigenvalue weighted by molar-refractivity contribution is 7.99. The maximum atomic E-state index is 12.2. The molecule has 0 fully saturated rings. The van der Waals surface area contributed by atoms with Crippen LogP contribution in [0, 0.1) is 0 Å². The summed E-state index contributed by atoms with van der Waals surface area (Å²) in [7, 11) is 1.82. The van der Waals surface area contributed by atoms with Crippen LogP contribution in [0.1, 0.15) is 4.88 Å². The number of nitrogens with one attached hydrogen (secondary N) is 1. The molecule has 0 aliphatic rings. The van der Waals surface area contributed by atoms with Crippen molar-refractivity contribution in [2.45, 2.75) is 11.7 Å². The first-order valence-corrected chi connectivity index (χ1v) is 8.96. The molecule has 0 saturated carbocycles. The first-order valence-electron chi connectivity index (χ1n) is 7.09. The molecule has 0 aliphatic carbocycles. The maximum absolute atomic E-state index is 12.2. The number of aromatic nitrogens is 3. The summed E-state index contributed by atoms with van der Waals surface area (Å²) in [4.78, 5) is 19.5. The monoisotopic (exact) mass is 344 g/mol. The molecule has 3 aromatic rings. The van der Waals surface area contributed by atoms with Crippen LogP contribution < -0.4 is 0 Å². The van der Waals surface area contributed by atoms with Crippen molar-refractivity contribution in [2.24, 2.45) is 0 Å². The van der Waals surface area contributed by atoms with Crippen molar-refractivity contribution in [1.29, 1.82) is 0 Å². The molecule has 7 heteroatoms. The van der Waals surface area contributed by atoms with Gasteiger partial charge in [0.05, 0.1) is 12.3 Å². The van der Waals surface area contributed by atoms with Gasteiger partial charge in [0.15, 0.2) is 5.82 Å². The molecule has 1 aromatic carbocycles. The van der Waals surface area contributed by atoms with Crippen LogP contribution in [0.3, 0.4) is 0 Å². The van der Waals surface area contributed by atoms with E-state index in [1.165, 1.54) is 16.6 Å². The minimum atomic E-state index is 0.0643. The van der Waals surface area contributed by atoms with E-state index in [0.717, 1.165) is 5.56 Å². The van der Waals surface area contributed by atoms with Crippen molar-refractivity contribution in [2.75, 3.05) is 12.8 Å². The lowest BCUT2D eigenvalue weighted by molar-refractivity contribution is -0.127. The van der Waals surface area contributed by atoms with Crippen molar-refractivity contribution >= 4 is 29.0 Å². The summed E-state index contributed by atoms with van der Waals surface area (Å²) in [5.74, 6) is 1.11. The number of carbonyl (C=O) groups is 1. The van der Waals surface area contributed by atoms with Crippen molar-refractivity contribution < 1.29 is 4.79 Å². The number of aromatic amines is 1. The molecule has 23 heavy (non-hydrogen) atoms. The van der Waals surface area contributed by atoms with E-state index in [1.54, 1.807) is 16.2 Å². The minimum Gasteiger partial charge on any atom is -0.340 e. The number of benzene rings is 1. The lowest BCUT2D eigenvalue weighted by Crippen LogP contribution is -2.27. The second kappa shape index (κ2) is 7.43. The lowest BCUT2D eigenvalue weighted by atomic mass is 10.2. The predicted octanol–water partition coefficient (Wildman–Crippen LogP) is 3.28. The maximum Gasteiger partial charge on any atom is 0.233 e. The van der Waals surface area contributed by atoms with Gasteiger partial charge in [-0.3, -0.25) is 9.89 Å². The van der Waals surface area contributed by atoms with Gasteiger partial charge >= 0.3 is 0 Å². The summed E-state index contributed by atoms with van der Waals surface area (Å²) < 4.78 is 0. The number of thioether (sulfide) groups is 1. The third kappa shape index (κ3) is 4.20. The average Bonchev–Trinajstić information content (AvgIpc) is 3.25. The molecule has 0 saturated heterocycles. The Bertz CT molecular complexity index is 756. The molecule has 0 unspecified atom stereocenters. The van der Waals surface area contributed by atoms with Crippen LogP contribution >= 0.6 is 23.1 Å². The Balaban J connectivity index is 1.54. The average molecular weight is 344 g/mol. The zero-order valence-electron chi connectivity index (χ0n) is 12.6. The minimum absolute atomic E-state index is 0.0643. The zero-order chi connectivity index (χ0) is 16.1. The van der Waals surface area contributed by atoms with Crippen LogP contribution in [-0.4, -0.2) is 38.8 Å². The molecule has 0 aliphatic heterocycles. The van der Waals surface area contributed by atoms with E-state index in [2.05, 4.69) is 15.2 Å². The van der Waals surface area contributed by atoms with Gasteiger partial charge in [0, 0.05) is 17.5 Å². The molecular formula is C16H16N4OS2. The van der Waals surface area contributed by atoms with Gasteiger partial charge in [-0.15, -0.1) is 16.4 Å². The summed E-state index contributed by atoms with van der Waals surface area (Å²) in [6, 6.07) is 13.8. The molecule has 1 amide bonds. The van der Waals surface area contributed by atoms with Crippen LogP contribution in [-0.2, 0) is 11.3 Å². The summed E-state index contributed by atoms with van der Waals surface area (Å²) in [5.41, 5.74) is 0.980. The number of nitrogens with zero attached hydrogens (tertiary/aromatic N) is 3. The molecule has 5 nitrogen and oxygen atoms in total. The first kappa shape index (κ1) is 15.8. The van der Waals surface area contributed by atoms with Crippen molar-refractivity contribution in [3.05, 3.63) is 52.7 Å². The molecule has 0 bridgehead atoms. The summed E-state index contributed by atoms with van der Waals surface area (Å²) >= 11 is 3.00. The van der Waals surface area contributed by atoms with Crippen LogP contribution in [0.2, 0.25) is 0 Å². The zero-order valence-corrected chi connectivity index (χ0v) is 14.2. The number of thiophene rings is 1. The van der Waals surface area contributed by atoms with E-state index in [9.17, 15) is 4.79 Å². The SMILES string of the molecule is CN(Cc1cccs1)C(=O)CSc1n[nH]c(-c2ccccc2)n1. The first-order chi connectivity index (χ1) is 11.2. The van der Waals surface area contributed by atoms with Gasteiger partial charge in [0.1, 0.15) is 0 Å². The van der Waals surface area contributed by atoms with E-state index in [0.29, 0.717) is 23.3 Å². The molecular weight excluding hydrogens is 328 g/mol. The van der Waals surface area contributed by atoms with Crippen molar-refractivity contribution in [1.82, 2.24) is 20.1 Å². The van der Waals surface area contributed by atoms with Crippen LogP contribution in [0.5, 0.6) is 0 Å². The Morgan fingerprint density at radius 1 is 1.26 bits per heavy atom. The molecule has 0 atom stereocenters. The van der Waals surface area contributed by atoms with E-state index in [4.69, 9.17) is 0 Å². The van der Waals surface area contributed by atoms with Gasteiger partial charge < -0.3 is 4.90 Å². The molecule has 118 valence electrons. The molecule has 3 rings (SSSR count). The van der Waals surface area contributed by atoms with Crippen LogP contribution in [0.15, 0.2) is 53.0 Å². The van der Waals surface area contributed by atoms with Gasteiger partial charge in [-0.05, 0) is 11.4 Å². The Hall–Kier alpha value is -2.12. The Morgan fingerprint density at radius 3 is 2.83 bits per heavy atom. The number of carbonyl (C=O) groups excluding carboxylic acids is 1. The van der Waals surface area contributed by atoms with E-state index in [1.807, 2.05) is 54.9 Å². The highest BCUT2D eigenvalue weighted by Crippen LogP contribution is 2.19. The standard InChI is InChI=1S/C16H16N4OS2/c1-20(10-13-8-5-9-22-13)14(21)11-23-16-17-15(18-19-16)12-6-3-2-4-7-12/h2-9H,10-11H2,1H3,(H,17,18,19). The second-order valence-corrected chi connectivity index (χ2v) is 6.93. The van der Waals surface area contributed by atoms with Gasteiger partial charge in [-0.25, -0.2) is 4.98 Å². The number of rotatable bonds is 6. The molecule has 2 aromatic heterocycles. The third-order valence-corrected chi connectivity index (χ3v) is 4.93. The van der Waals surface area contributed by atoms with Gasteiger partial charge in [0.2, 0.25) is 11.1 Å². The van der Waals surface area contributed by atoms with Crippen molar-refractivity contribution in [3.63, 3.8) is 0 Å². The summed E-state index contributed by atoms with van der Waals surface area (Å²) in [6.45, 7) is 0.639. The van der Waals surface area contributed by atoms with E-state index >= 15 is 0 Å². The highest BCUT2D eigenvalue weighted by atomic mass is 32.2. The number of hydrogen-bond acceptors (Lipinski definition) is 5. The molecule has 1 N–H and O–H groups in total. The highest BCUT2D eigenvalue weighted by Gasteiger charge is 2.13. The second-order valence-electron chi connectivity index (χ2n) is 4.95. The fourth-order valence-corrected chi connectivity index (χ4v) is 3.49. The largest absolute Gasteiger partial charge is 0.340 e. The van der Waals surface area contributed by atoms with E-state index in [-0.39, 0.29) is 5.91 Å². The Labute approximate surface area is 142 Å². The Morgan fingerprint density at radius 2 is 2.09 bits per heavy atom. The molecule has 0 spiro atoms. The number of hydrogen-bond donors (Lipinski definition) is 1. The predicted molar refractivity (Wildman–Crippen MR) is 93.3 cm³/mol. The van der Waals surface area contributed by atoms with Gasteiger partial charge in [-0.1, -0.05) is 48.2 Å². The van der Waals surface area contributed by atoms with E-state index < -0.39 is 0 Å². The fourth-order valence-electron chi connectivity index (χ4n) is 2.00. The van der Waals surface area contributed by atoms with Crippen molar-refractivity contribution in [3.8, 4) is 11.4 Å². The topological polar surface area (TPSA) is 61.9 Å². The quantitative estimate of drug-likeness (QED) is 0.697. The summed E-state index contributed by atoms with van der Waals surface area (Å²) in [6.07, 6.45) is 0. The molecule has 0 radical (unpaired) electrons. The number of H-pyrrole nitrogens is 1. The number of amides is 1. The fraction of sp³-hybridized carbons (Fsp3) is 0.188. The normalized spacial score (nSPS) is 10.7. The third-order valence-electron chi connectivity index (χ3n) is 3.24.